The molecule has 0 spiro atoms. The highest BCUT2D eigenvalue weighted by molar-refractivity contribution is 6.33. The maximum atomic E-state index is 13.6. The molecule has 0 saturated carbocycles. The van der Waals surface area contributed by atoms with Crippen LogP contribution in [0.4, 0.5) is 8.78 Å². The number of hydrogen-bond donors (Lipinski definition) is 1. The number of benzene rings is 2. The molecule has 5 heteroatoms. The summed E-state index contributed by atoms with van der Waals surface area (Å²) in [4.78, 5) is 10.8. The fourth-order valence-electron chi connectivity index (χ4n) is 1.62. The van der Waals surface area contributed by atoms with E-state index in [0.29, 0.717) is 0 Å². The second-order valence-corrected chi connectivity index (χ2v) is 4.00. The minimum Gasteiger partial charge on any atom is -0.478 e. The van der Waals surface area contributed by atoms with Crippen LogP contribution in [0.15, 0.2) is 36.4 Å². The molecule has 0 aliphatic carbocycles. The quantitative estimate of drug-likeness (QED) is 0.894. The van der Waals surface area contributed by atoms with Crippen LogP contribution in [0.2, 0.25) is 5.02 Å². The van der Waals surface area contributed by atoms with E-state index >= 15 is 0 Å². The maximum Gasteiger partial charge on any atom is 0.338 e. The van der Waals surface area contributed by atoms with Crippen molar-refractivity contribution in [1.29, 1.82) is 0 Å². The van der Waals surface area contributed by atoms with Gasteiger partial charge in [-0.05, 0) is 29.8 Å². The predicted molar refractivity (Wildman–Crippen MR) is 63.8 cm³/mol. The minimum absolute atomic E-state index is 0.0571. The monoisotopic (exact) mass is 268 g/mol. The van der Waals surface area contributed by atoms with Gasteiger partial charge in [0.15, 0.2) is 0 Å². The molecule has 0 unspecified atom stereocenters. The Morgan fingerprint density at radius 1 is 1.11 bits per heavy atom. The van der Waals surface area contributed by atoms with Gasteiger partial charge in [-0.25, -0.2) is 13.6 Å². The lowest BCUT2D eigenvalue weighted by Gasteiger charge is -2.07. The summed E-state index contributed by atoms with van der Waals surface area (Å²) in [5.41, 5.74) is -0.245. The SMILES string of the molecule is O=C(O)c1cc(-c2c(F)cccc2Cl)ccc1F. The van der Waals surface area contributed by atoms with E-state index in [1.807, 2.05) is 0 Å². The van der Waals surface area contributed by atoms with Crippen LogP contribution in [0.1, 0.15) is 10.4 Å². The first-order valence-electron chi connectivity index (χ1n) is 4.98. The summed E-state index contributed by atoms with van der Waals surface area (Å²) in [7, 11) is 0. The van der Waals surface area contributed by atoms with E-state index in [1.165, 1.54) is 24.3 Å². The molecule has 2 aromatic rings. The molecule has 0 aliphatic heterocycles. The summed E-state index contributed by atoms with van der Waals surface area (Å²) in [6, 6.07) is 7.42. The summed E-state index contributed by atoms with van der Waals surface area (Å²) in [5.74, 6) is -2.88. The zero-order chi connectivity index (χ0) is 13.3. The van der Waals surface area contributed by atoms with Gasteiger partial charge in [0, 0.05) is 5.56 Å². The Labute approximate surface area is 106 Å². The zero-order valence-corrected chi connectivity index (χ0v) is 9.71. The zero-order valence-electron chi connectivity index (χ0n) is 8.95. The fourth-order valence-corrected chi connectivity index (χ4v) is 1.89. The van der Waals surface area contributed by atoms with Crippen LogP contribution in [-0.2, 0) is 0 Å². The third-order valence-corrected chi connectivity index (χ3v) is 2.76. The van der Waals surface area contributed by atoms with E-state index < -0.39 is 23.2 Å². The van der Waals surface area contributed by atoms with Crippen LogP contribution in [0.25, 0.3) is 11.1 Å². The Kier molecular flexibility index (Phi) is 3.30. The maximum absolute atomic E-state index is 13.6. The highest BCUT2D eigenvalue weighted by Crippen LogP contribution is 2.31. The Balaban J connectivity index is 2.65. The van der Waals surface area contributed by atoms with E-state index in [0.717, 1.165) is 12.1 Å². The molecule has 2 nitrogen and oxygen atoms in total. The van der Waals surface area contributed by atoms with Crippen molar-refractivity contribution in [3.63, 3.8) is 0 Å². The third kappa shape index (κ3) is 2.19. The highest BCUT2D eigenvalue weighted by Gasteiger charge is 2.15. The molecule has 0 bridgehead atoms. The molecule has 92 valence electrons. The van der Waals surface area contributed by atoms with Crippen molar-refractivity contribution >= 4 is 17.6 Å². The second kappa shape index (κ2) is 4.74. The number of carboxylic acid groups (broad SMARTS) is 1. The summed E-state index contributed by atoms with van der Waals surface area (Å²) in [6.07, 6.45) is 0. The molecule has 0 heterocycles. The summed E-state index contributed by atoms with van der Waals surface area (Å²) in [6.45, 7) is 0. The first-order chi connectivity index (χ1) is 8.50. The first kappa shape index (κ1) is 12.5. The average molecular weight is 269 g/mol. The van der Waals surface area contributed by atoms with Crippen molar-refractivity contribution in [2.45, 2.75) is 0 Å². The Morgan fingerprint density at radius 2 is 1.83 bits per heavy atom. The molecule has 0 fully saturated rings. The highest BCUT2D eigenvalue weighted by atomic mass is 35.5. The average Bonchev–Trinajstić information content (AvgIpc) is 2.30. The van der Waals surface area contributed by atoms with E-state index in [9.17, 15) is 13.6 Å². The van der Waals surface area contributed by atoms with E-state index in [-0.39, 0.29) is 16.1 Å². The van der Waals surface area contributed by atoms with Gasteiger partial charge in [0.05, 0.1) is 10.6 Å². The number of carboxylic acids is 1. The van der Waals surface area contributed by atoms with E-state index in [1.54, 1.807) is 0 Å². The molecule has 0 atom stereocenters. The molecule has 0 amide bonds. The van der Waals surface area contributed by atoms with Crippen LogP contribution >= 0.6 is 11.6 Å². The first-order valence-corrected chi connectivity index (χ1v) is 5.35. The largest absolute Gasteiger partial charge is 0.478 e. The predicted octanol–water partition coefficient (Wildman–Crippen LogP) is 3.98. The van der Waals surface area contributed by atoms with Crippen LogP contribution in [0.5, 0.6) is 0 Å². The van der Waals surface area contributed by atoms with E-state index in [2.05, 4.69) is 0 Å². The van der Waals surface area contributed by atoms with Gasteiger partial charge in [-0.15, -0.1) is 0 Å². The van der Waals surface area contributed by atoms with Gasteiger partial charge in [0.25, 0.3) is 0 Å². The van der Waals surface area contributed by atoms with Crippen LogP contribution < -0.4 is 0 Å². The number of rotatable bonds is 2. The number of hydrogen-bond acceptors (Lipinski definition) is 1. The molecule has 0 aliphatic rings. The Morgan fingerprint density at radius 3 is 2.44 bits per heavy atom. The van der Waals surface area contributed by atoms with Crippen LogP contribution in [0, 0.1) is 11.6 Å². The fraction of sp³-hybridized carbons (Fsp3) is 0. The van der Waals surface area contributed by atoms with Crippen molar-refractivity contribution in [3.8, 4) is 11.1 Å². The molecule has 0 radical (unpaired) electrons. The molecule has 0 saturated heterocycles. The molecular formula is C13H7ClF2O2. The van der Waals surface area contributed by atoms with Crippen molar-refractivity contribution in [1.82, 2.24) is 0 Å². The lowest BCUT2D eigenvalue weighted by atomic mass is 10.0. The lowest BCUT2D eigenvalue weighted by molar-refractivity contribution is 0.0692. The summed E-state index contributed by atoms with van der Waals surface area (Å²) in [5, 5.41) is 8.95. The van der Waals surface area contributed by atoms with Gasteiger partial charge in [-0.2, -0.15) is 0 Å². The minimum atomic E-state index is -1.41. The molecule has 1 N–H and O–H groups in total. The standard InChI is InChI=1S/C13H7ClF2O2/c14-9-2-1-3-11(16)12(9)7-4-5-10(15)8(6-7)13(17)18/h1-6H,(H,17,18). The van der Waals surface area contributed by atoms with Gasteiger partial charge in [0.1, 0.15) is 11.6 Å². The number of halogens is 3. The summed E-state index contributed by atoms with van der Waals surface area (Å²) < 4.78 is 26.9. The number of aromatic carboxylic acids is 1. The van der Waals surface area contributed by atoms with Crippen LogP contribution in [0.3, 0.4) is 0 Å². The van der Waals surface area contributed by atoms with E-state index in [4.69, 9.17) is 16.7 Å². The van der Waals surface area contributed by atoms with Crippen molar-refractivity contribution < 1.29 is 18.7 Å². The van der Waals surface area contributed by atoms with Crippen molar-refractivity contribution in [3.05, 3.63) is 58.6 Å². The molecule has 2 rings (SSSR count). The molecule has 0 aromatic heterocycles. The Bertz CT molecular complexity index is 606. The molecule has 2 aromatic carbocycles. The normalized spacial score (nSPS) is 10.4. The third-order valence-electron chi connectivity index (χ3n) is 2.45. The van der Waals surface area contributed by atoms with Gasteiger partial charge < -0.3 is 5.11 Å². The smallest absolute Gasteiger partial charge is 0.338 e. The molecule has 18 heavy (non-hydrogen) atoms. The lowest BCUT2D eigenvalue weighted by Crippen LogP contribution is -2.01. The van der Waals surface area contributed by atoms with Crippen molar-refractivity contribution in [2.75, 3.05) is 0 Å². The Hall–Kier alpha value is -1.94. The van der Waals surface area contributed by atoms with Crippen LogP contribution in [-0.4, -0.2) is 11.1 Å². The molecular weight excluding hydrogens is 262 g/mol. The number of carbonyl (C=O) groups is 1. The topological polar surface area (TPSA) is 37.3 Å². The van der Waals surface area contributed by atoms with Gasteiger partial charge in [-0.3, -0.25) is 0 Å². The van der Waals surface area contributed by atoms with Gasteiger partial charge in [0.2, 0.25) is 0 Å². The van der Waals surface area contributed by atoms with Gasteiger partial charge >= 0.3 is 5.97 Å². The van der Waals surface area contributed by atoms with Crippen molar-refractivity contribution in [2.24, 2.45) is 0 Å². The second-order valence-electron chi connectivity index (χ2n) is 3.60. The van der Waals surface area contributed by atoms with Gasteiger partial charge in [-0.1, -0.05) is 23.7 Å². The summed E-state index contributed by atoms with van der Waals surface area (Å²) >= 11 is 5.85.